The Kier molecular flexibility index (Phi) is 5.18. The molecule has 154 valence electrons. The van der Waals surface area contributed by atoms with Crippen LogP contribution in [0.2, 0.25) is 0 Å². The van der Waals surface area contributed by atoms with Crippen molar-refractivity contribution in [1.29, 1.82) is 0 Å². The topological polar surface area (TPSA) is 112 Å². The molecule has 30 heavy (non-hydrogen) atoms. The van der Waals surface area contributed by atoms with Crippen molar-refractivity contribution in [1.82, 2.24) is 24.3 Å². The van der Waals surface area contributed by atoms with Crippen LogP contribution in [-0.4, -0.2) is 36.9 Å². The molecule has 1 N–H and O–H groups in total. The lowest BCUT2D eigenvalue weighted by Gasteiger charge is -2.08. The van der Waals surface area contributed by atoms with E-state index in [0.717, 1.165) is 9.95 Å². The maximum atomic E-state index is 12.5. The Hall–Kier alpha value is -3.75. The highest BCUT2D eigenvalue weighted by Crippen LogP contribution is 2.17. The van der Waals surface area contributed by atoms with Gasteiger partial charge in [0.25, 0.3) is 5.56 Å². The Balaban J connectivity index is 1.41. The lowest BCUT2D eigenvalue weighted by atomic mass is 10.2. The minimum Gasteiger partial charge on any atom is -0.462 e. The number of aromatic nitrogens is 5. The number of aromatic amines is 1. The lowest BCUT2D eigenvalue weighted by Crippen LogP contribution is -2.35. The van der Waals surface area contributed by atoms with Gasteiger partial charge in [-0.3, -0.25) is 9.36 Å². The molecule has 0 spiro atoms. The first-order valence-corrected chi connectivity index (χ1v) is 9.68. The molecule has 4 rings (SSSR count). The standard InChI is InChI=1S/C21H21N5O4/c1-13(2)26-18-14(12-23-26)10-15(11-22-18)20(28)30-9-5-8-25-19(27)16-6-3-4-7-17(16)24-21(25)29/h3-4,6-7,10-13H,5,8-9H2,1-2H3,(H,24,29). The zero-order valence-corrected chi connectivity index (χ0v) is 16.7. The maximum absolute atomic E-state index is 12.5. The largest absolute Gasteiger partial charge is 0.462 e. The molecular weight excluding hydrogens is 386 g/mol. The minimum atomic E-state index is -0.513. The first-order chi connectivity index (χ1) is 14.5. The molecule has 0 saturated carbocycles. The van der Waals surface area contributed by atoms with E-state index in [1.54, 1.807) is 41.2 Å². The van der Waals surface area contributed by atoms with Crippen molar-refractivity contribution >= 4 is 27.9 Å². The molecule has 4 aromatic rings. The van der Waals surface area contributed by atoms with Gasteiger partial charge in [-0.2, -0.15) is 5.10 Å². The fourth-order valence-corrected chi connectivity index (χ4v) is 3.30. The number of carbonyl (C=O) groups excluding carboxylic acids is 1. The van der Waals surface area contributed by atoms with Crippen LogP contribution < -0.4 is 11.2 Å². The summed E-state index contributed by atoms with van der Waals surface area (Å²) in [5.74, 6) is -0.513. The molecule has 3 heterocycles. The van der Waals surface area contributed by atoms with Crippen molar-refractivity contribution in [3.8, 4) is 0 Å². The van der Waals surface area contributed by atoms with Gasteiger partial charge in [-0.25, -0.2) is 19.3 Å². The van der Waals surface area contributed by atoms with Gasteiger partial charge in [0.2, 0.25) is 0 Å². The molecule has 0 fully saturated rings. The van der Waals surface area contributed by atoms with Crippen LogP contribution in [0, 0.1) is 0 Å². The summed E-state index contributed by atoms with van der Waals surface area (Å²) >= 11 is 0. The number of esters is 1. The van der Waals surface area contributed by atoms with E-state index in [0.29, 0.717) is 28.5 Å². The summed E-state index contributed by atoms with van der Waals surface area (Å²) < 4.78 is 8.18. The predicted octanol–water partition coefficient (Wildman–Crippen LogP) is 2.26. The SMILES string of the molecule is CC(C)n1ncc2cc(C(=O)OCCCn3c(=O)[nH]c4ccccc4c3=O)cnc21. The van der Waals surface area contributed by atoms with E-state index in [4.69, 9.17) is 4.74 Å². The van der Waals surface area contributed by atoms with E-state index < -0.39 is 11.7 Å². The number of para-hydroxylation sites is 1. The molecule has 0 unspecified atom stereocenters. The highest BCUT2D eigenvalue weighted by atomic mass is 16.5. The molecular formula is C21H21N5O4. The second-order valence-corrected chi connectivity index (χ2v) is 7.24. The Labute approximate surface area is 170 Å². The summed E-state index contributed by atoms with van der Waals surface area (Å²) in [5, 5.41) is 5.48. The second-order valence-electron chi connectivity index (χ2n) is 7.24. The van der Waals surface area contributed by atoms with Crippen LogP contribution in [0.1, 0.15) is 36.7 Å². The van der Waals surface area contributed by atoms with Gasteiger partial charge in [-0.1, -0.05) is 12.1 Å². The van der Waals surface area contributed by atoms with Crippen LogP contribution in [0.3, 0.4) is 0 Å². The summed E-state index contributed by atoms with van der Waals surface area (Å²) in [6.45, 7) is 4.22. The monoisotopic (exact) mass is 407 g/mol. The van der Waals surface area contributed by atoms with Crippen molar-refractivity contribution < 1.29 is 9.53 Å². The average Bonchev–Trinajstić information content (AvgIpc) is 3.16. The number of benzene rings is 1. The number of nitrogens with one attached hydrogen (secondary N) is 1. The van der Waals surface area contributed by atoms with Crippen LogP contribution in [-0.2, 0) is 11.3 Å². The van der Waals surface area contributed by atoms with E-state index in [1.165, 1.54) is 6.20 Å². The van der Waals surface area contributed by atoms with Gasteiger partial charge in [0.15, 0.2) is 5.65 Å². The third-order valence-corrected chi connectivity index (χ3v) is 4.81. The molecule has 0 aliphatic rings. The molecule has 0 atom stereocenters. The fraction of sp³-hybridized carbons (Fsp3) is 0.286. The number of H-pyrrole nitrogens is 1. The third-order valence-electron chi connectivity index (χ3n) is 4.81. The number of rotatable bonds is 6. The molecule has 0 bridgehead atoms. The van der Waals surface area contributed by atoms with Gasteiger partial charge in [0.1, 0.15) is 0 Å². The van der Waals surface area contributed by atoms with Gasteiger partial charge >= 0.3 is 11.7 Å². The predicted molar refractivity (Wildman–Crippen MR) is 112 cm³/mol. The molecule has 0 amide bonds. The summed E-state index contributed by atoms with van der Waals surface area (Å²) in [6.07, 6.45) is 3.45. The van der Waals surface area contributed by atoms with Crippen molar-refractivity contribution in [2.75, 3.05) is 6.61 Å². The van der Waals surface area contributed by atoms with Gasteiger partial charge in [0, 0.05) is 24.2 Å². The molecule has 0 radical (unpaired) electrons. The van der Waals surface area contributed by atoms with Crippen LogP contribution in [0.5, 0.6) is 0 Å². The number of ether oxygens (including phenoxy) is 1. The van der Waals surface area contributed by atoms with Crippen molar-refractivity contribution in [3.05, 3.63) is 69.1 Å². The summed E-state index contributed by atoms with van der Waals surface area (Å²) in [4.78, 5) is 44.0. The van der Waals surface area contributed by atoms with Crippen molar-refractivity contribution in [2.24, 2.45) is 0 Å². The molecule has 0 aliphatic heterocycles. The highest BCUT2D eigenvalue weighted by molar-refractivity contribution is 5.92. The van der Waals surface area contributed by atoms with E-state index in [9.17, 15) is 14.4 Å². The summed E-state index contributed by atoms with van der Waals surface area (Å²) in [5.41, 5.74) is 0.682. The number of carbonyl (C=O) groups is 1. The third kappa shape index (κ3) is 3.61. The average molecular weight is 407 g/mol. The van der Waals surface area contributed by atoms with Crippen LogP contribution >= 0.6 is 0 Å². The van der Waals surface area contributed by atoms with Crippen LogP contribution in [0.15, 0.2) is 52.3 Å². The molecule has 1 aromatic carbocycles. The molecule has 0 aliphatic carbocycles. The van der Waals surface area contributed by atoms with Gasteiger partial charge in [-0.15, -0.1) is 0 Å². The van der Waals surface area contributed by atoms with Crippen LogP contribution in [0.25, 0.3) is 21.9 Å². The quantitative estimate of drug-likeness (QED) is 0.388. The summed E-state index contributed by atoms with van der Waals surface area (Å²) in [7, 11) is 0. The van der Waals surface area contributed by atoms with Gasteiger partial charge in [-0.05, 0) is 38.5 Å². The number of nitrogens with zero attached hydrogens (tertiary/aromatic N) is 4. The Morgan fingerprint density at radius 1 is 1.20 bits per heavy atom. The Morgan fingerprint density at radius 3 is 2.80 bits per heavy atom. The summed E-state index contributed by atoms with van der Waals surface area (Å²) in [6, 6.07) is 8.68. The zero-order valence-electron chi connectivity index (χ0n) is 16.7. The lowest BCUT2D eigenvalue weighted by molar-refractivity contribution is 0.0495. The van der Waals surface area contributed by atoms with Crippen molar-refractivity contribution in [2.45, 2.75) is 32.9 Å². The van der Waals surface area contributed by atoms with E-state index in [-0.39, 0.29) is 24.8 Å². The van der Waals surface area contributed by atoms with E-state index in [2.05, 4.69) is 15.1 Å². The number of fused-ring (bicyclic) bond motifs is 2. The number of hydrogen-bond acceptors (Lipinski definition) is 6. The Morgan fingerprint density at radius 2 is 2.00 bits per heavy atom. The first kappa shape index (κ1) is 19.6. The zero-order chi connectivity index (χ0) is 21.3. The highest BCUT2D eigenvalue weighted by Gasteiger charge is 2.13. The molecule has 3 aromatic heterocycles. The smallest absolute Gasteiger partial charge is 0.339 e. The first-order valence-electron chi connectivity index (χ1n) is 9.68. The number of hydrogen-bond donors (Lipinski definition) is 1. The second kappa shape index (κ2) is 7.94. The number of pyridine rings is 1. The van der Waals surface area contributed by atoms with E-state index >= 15 is 0 Å². The van der Waals surface area contributed by atoms with Gasteiger partial charge in [0.05, 0.1) is 29.3 Å². The van der Waals surface area contributed by atoms with Crippen molar-refractivity contribution in [3.63, 3.8) is 0 Å². The van der Waals surface area contributed by atoms with E-state index in [1.807, 2.05) is 13.8 Å². The molecule has 0 saturated heterocycles. The fourth-order valence-electron chi connectivity index (χ4n) is 3.30. The minimum absolute atomic E-state index is 0.0703. The maximum Gasteiger partial charge on any atom is 0.339 e. The normalized spacial score (nSPS) is 11.4. The van der Waals surface area contributed by atoms with Crippen LogP contribution in [0.4, 0.5) is 0 Å². The molecule has 9 heteroatoms. The van der Waals surface area contributed by atoms with Gasteiger partial charge < -0.3 is 9.72 Å². The Bertz CT molecular complexity index is 1350. The molecule has 9 nitrogen and oxygen atoms in total.